The number of benzene rings is 2. The molecule has 2 amide bonds. The minimum atomic E-state index is -0.338. The molecule has 1 atom stereocenters. The number of aliphatic hydroxyl groups is 1. The van der Waals surface area contributed by atoms with E-state index in [-0.39, 0.29) is 30.0 Å². The van der Waals surface area contributed by atoms with Crippen LogP contribution in [0.15, 0.2) is 65.6 Å². The van der Waals surface area contributed by atoms with Crippen molar-refractivity contribution in [2.45, 2.75) is 44.9 Å². The minimum absolute atomic E-state index is 0.0495. The highest BCUT2D eigenvalue weighted by Gasteiger charge is 2.33. The van der Waals surface area contributed by atoms with E-state index in [9.17, 15) is 19.5 Å². The predicted molar refractivity (Wildman–Crippen MR) is 179 cm³/mol. The summed E-state index contributed by atoms with van der Waals surface area (Å²) in [6, 6.07) is 16.8. The summed E-state index contributed by atoms with van der Waals surface area (Å²) in [5, 5.41) is 13.9. The average molecular weight is 621 g/mol. The van der Waals surface area contributed by atoms with E-state index in [1.807, 2.05) is 56.6 Å². The van der Waals surface area contributed by atoms with Gasteiger partial charge in [-0.05, 0) is 79.8 Å². The first-order valence-electron chi connectivity index (χ1n) is 16.0. The van der Waals surface area contributed by atoms with E-state index in [4.69, 9.17) is 0 Å². The molecule has 46 heavy (non-hydrogen) atoms. The maximum Gasteiger partial charge on any atom is 0.274 e. The van der Waals surface area contributed by atoms with E-state index in [0.717, 1.165) is 66.8 Å². The fraction of sp³-hybridized carbons (Fsp3) is 0.361. The van der Waals surface area contributed by atoms with E-state index < -0.39 is 0 Å². The third kappa shape index (κ3) is 5.11. The molecule has 7 rings (SSSR count). The molecule has 2 aliphatic heterocycles. The number of amides is 2. The number of fused-ring (bicyclic) bond motifs is 3. The third-order valence-corrected chi connectivity index (χ3v) is 9.86. The average Bonchev–Trinajstić information content (AvgIpc) is 3.45. The zero-order valence-corrected chi connectivity index (χ0v) is 26.6. The van der Waals surface area contributed by atoms with Gasteiger partial charge in [0, 0.05) is 69.0 Å². The lowest BCUT2D eigenvalue weighted by Crippen LogP contribution is -2.48. The zero-order chi connectivity index (χ0) is 32.1. The lowest BCUT2D eigenvalue weighted by Gasteiger charge is -2.37. The van der Waals surface area contributed by atoms with Crippen LogP contribution >= 0.6 is 0 Å². The topological polar surface area (TPSA) is 103 Å². The van der Waals surface area contributed by atoms with Gasteiger partial charge in [-0.1, -0.05) is 24.3 Å². The van der Waals surface area contributed by atoms with Gasteiger partial charge in [-0.15, -0.1) is 0 Å². The van der Waals surface area contributed by atoms with Gasteiger partial charge in [0.2, 0.25) is 5.91 Å². The van der Waals surface area contributed by atoms with Gasteiger partial charge >= 0.3 is 0 Å². The van der Waals surface area contributed by atoms with Gasteiger partial charge in [0.1, 0.15) is 17.4 Å². The number of nitrogens with one attached hydrogen (secondary N) is 1. The van der Waals surface area contributed by atoms with Gasteiger partial charge in [-0.2, -0.15) is 0 Å². The molecule has 2 aromatic heterocycles. The summed E-state index contributed by atoms with van der Waals surface area (Å²) >= 11 is 0. The summed E-state index contributed by atoms with van der Waals surface area (Å²) in [5.74, 6) is 0.0174. The molecule has 0 spiro atoms. The molecule has 10 heteroatoms. The Balaban J connectivity index is 1.19. The molecule has 0 radical (unpaired) electrons. The molecule has 2 aromatic carbocycles. The molecule has 3 aliphatic rings. The number of aromatic nitrogens is 2. The number of likely N-dealkylation sites (N-methyl/N-ethyl adjacent to an activating group) is 2. The second-order valence-electron chi connectivity index (χ2n) is 12.7. The van der Waals surface area contributed by atoms with Crippen LogP contribution in [0.2, 0.25) is 0 Å². The minimum Gasteiger partial charge on any atom is -0.392 e. The van der Waals surface area contributed by atoms with Crippen LogP contribution in [0.3, 0.4) is 0 Å². The summed E-state index contributed by atoms with van der Waals surface area (Å²) < 4.78 is 3.71. The molecule has 0 unspecified atom stereocenters. The summed E-state index contributed by atoms with van der Waals surface area (Å²) in [7, 11) is 5.49. The quantitative estimate of drug-likeness (QED) is 0.337. The molecule has 1 saturated heterocycles. The third-order valence-electron chi connectivity index (χ3n) is 9.86. The molecule has 4 heterocycles. The van der Waals surface area contributed by atoms with Crippen LogP contribution in [0.1, 0.15) is 51.8 Å². The lowest BCUT2D eigenvalue weighted by atomic mass is 9.98. The Labute approximate surface area is 268 Å². The van der Waals surface area contributed by atoms with Gasteiger partial charge in [0.15, 0.2) is 0 Å². The molecule has 238 valence electrons. The maximum atomic E-state index is 13.8. The number of carbonyl (C=O) groups excluding carboxylic acids is 2. The molecule has 1 aliphatic carbocycles. The van der Waals surface area contributed by atoms with Crippen LogP contribution in [-0.4, -0.2) is 69.6 Å². The van der Waals surface area contributed by atoms with Crippen LogP contribution in [-0.2, 0) is 37.8 Å². The fourth-order valence-corrected chi connectivity index (χ4v) is 7.33. The van der Waals surface area contributed by atoms with Crippen molar-refractivity contribution in [1.82, 2.24) is 18.9 Å². The number of nitrogens with zero attached hydrogens (tertiary/aromatic N) is 5. The van der Waals surface area contributed by atoms with Crippen molar-refractivity contribution >= 4 is 28.9 Å². The second kappa shape index (κ2) is 11.9. The van der Waals surface area contributed by atoms with Crippen molar-refractivity contribution in [2.24, 2.45) is 7.05 Å². The van der Waals surface area contributed by atoms with Gasteiger partial charge < -0.3 is 29.4 Å². The largest absolute Gasteiger partial charge is 0.392 e. The number of aryl methyl sites for hydroxylation is 2. The monoisotopic (exact) mass is 620 g/mol. The van der Waals surface area contributed by atoms with E-state index in [1.165, 1.54) is 15.8 Å². The molecular weight excluding hydrogens is 580 g/mol. The highest BCUT2D eigenvalue weighted by atomic mass is 16.3. The summed E-state index contributed by atoms with van der Waals surface area (Å²) in [6.45, 7) is 2.49. The van der Waals surface area contributed by atoms with Gasteiger partial charge in [-0.3, -0.25) is 19.3 Å². The molecular formula is C36H40N6O4. The number of hydrogen-bond acceptors (Lipinski definition) is 6. The van der Waals surface area contributed by atoms with Gasteiger partial charge in [0.25, 0.3) is 11.5 Å². The molecule has 10 nitrogen and oxygen atoms in total. The number of rotatable bonds is 6. The number of aliphatic hydroxyl groups excluding tert-OH is 1. The summed E-state index contributed by atoms with van der Waals surface area (Å²) in [5.41, 5.74) is 7.93. The van der Waals surface area contributed by atoms with Crippen molar-refractivity contribution < 1.29 is 14.7 Å². The Morgan fingerprint density at radius 2 is 1.67 bits per heavy atom. The number of carbonyl (C=O) groups is 2. The fourth-order valence-electron chi connectivity index (χ4n) is 7.33. The number of piperazine rings is 1. The zero-order valence-electron chi connectivity index (χ0n) is 26.6. The van der Waals surface area contributed by atoms with Crippen molar-refractivity contribution in [3.05, 3.63) is 99.2 Å². The van der Waals surface area contributed by atoms with Crippen LogP contribution in [0.5, 0.6) is 0 Å². The number of anilines is 3. The SMILES string of the molecule is CN1CCN(C)[C@H](c2ccc(Nc3cc(-c4cccc(N5CCn6c(cc7c6CCCC7)C5=O)c4CO)cn(C)c3=O)cc2)C1=O. The number of pyridine rings is 1. The maximum absolute atomic E-state index is 13.8. The Hall–Kier alpha value is -4.67. The normalized spacial score (nSPS) is 18.5. The lowest BCUT2D eigenvalue weighted by molar-refractivity contribution is -0.139. The summed E-state index contributed by atoms with van der Waals surface area (Å²) in [6.07, 6.45) is 6.10. The number of hydrogen-bond donors (Lipinski definition) is 2. The standard InChI is InChI=1S/C36H40N6O4/c1-38-15-16-39(2)36(46)33(38)23-11-13-26(14-12-23)37-29-19-25(21-40(3)34(29)44)27-8-6-10-31(28(27)22-43)42-18-17-41-30-9-5-4-7-24(30)20-32(41)35(42)45/h6,8,10-14,19-21,33,37,43H,4-5,7,9,15-18,22H2,1-3H3/t33-/m1/s1. The van der Waals surface area contributed by atoms with Crippen LogP contribution in [0, 0.1) is 0 Å². The van der Waals surface area contributed by atoms with Crippen molar-refractivity contribution in [1.29, 1.82) is 0 Å². The highest BCUT2D eigenvalue weighted by Crippen LogP contribution is 2.36. The first kappa shape index (κ1) is 30.0. The smallest absolute Gasteiger partial charge is 0.274 e. The van der Waals surface area contributed by atoms with E-state index in [2.05, 4.69) is 20.9 Å². The van der Waals surface area contributed by atoms with Gasteiger partial charge in [0.05, 0.1) is 12.3 Å². The summed E-state index contributed by atoms with van der Waals surface area (Å²) in [4.78, 5) is 45.5. The first-order chi connectivity index (χ1) is 22.2. The Morgan fingerprint density at radius 1 is 0.891 bits per heavy atom. The van der Waals surface area contributed by atoms with Gasteiger partial charge in [-0.25, -0.2) is 0 Å². The van der Waals surface area contributed by atoms with Crippen molar-refractivity contribution in [3.63, 3.8) is 0 Å². The molecule has 4 aromatic rings. The van der Waals surface area contributed by atoms with E-state index >= 15 is 0 Å². The first-order valence-corrected chi connectivity index (χ1v) is 16.0. The Kier molecular flexibility index (Phi) is 7.78. The molecule has 1 fully saturated rings. The predicted octanol–water partition coefficient (Wildman–Crippen LogP) is 4.07. The Bertz CT molecular complexity index is 1890. The van der Waals surface area contributed by atoms with Crippen LogP contribution in [0.4, 0.5) is 17.1 Å². The second-order valence-corrected chi connectivity index (χ2v) is 12.7. The molecule has 0 saturated carbocycles. The molecule has 0 bridgehead atoms. The van der Waals surface area contributed by atoms with Crippen LogP contribution < -0.4 is 15.8 Å². The van der Waals surface area contributed by atoms with Crippen molar-refractivity contribution in [3.8, 4) is 11.1 Å². The van der Waals surface area contributed by atoms with Crippen molar-refractivity contribution in [2.75, 3.05) is 43.9 Å². The van der Waals surface area contributed by atoms with Crippen LogP contribution in [0.25, 0.3) is 11.1 Å². The van der Waals surface area contributed by atoms with E-state index in [1.54, 1.807) is 29.1 Å². The van der Waals surface area contributed by atoms with E-state index in [0.29, 0.717) is 30.0 Å². The highest BCUT2D eigenvalue weighted by molar-refractivity contribution is 6.07. The molecule has 2 N–H and O–H groups in total. The Morgan fingerprint density at radius 3 is 2.46 bits per heavy atom.